The maximum absolute atomic E-state index is 14.1. The summed E-state index contributed by atoms with van der Waals surface area (Å²) in [6.07, 6.45) is 2.19. The molecule has 108 valence electrons. The number of benzene rings is 1. The van der Waals surface area contributed by atoms with Gasteiger partial charge in [0.2, 0.25) is 0 Å². The number of carbonyl (C=O) groups is 1. The van der Waals surface area contributed by atoms with Gasteiger partial charge in [0.05, 0.1) is 13.2 Å². The highest BCUT2D eigenvalue weighted by Gasteiger charge is 2.37. The normalized spacial score (nSPS) is 25.7. The second-order valence-electron chi connectivity index (χ2n) is 5.34. The smallest absolute Gasteiger partial charge is 0.274 e. The number of halogens is 1. The van der Waals surface area contributed by atoms with Crippen LogP contribution >= 0.6 is 0 Å². The van der Waals surface area contributed by atoms with Crippen molar-refractivity contribution in [3.63, 3.8) is 0 Å². The quantitative estimate of drug-likeness (QED) is 0.647. The first-order valence-electron chi connectivity index (χ1n) is 6.75. The molecule has 0 saturated carbocycles. The maximum atomic E-state index is 14.1. The van der Waals surface area contributed by atoms with Gasteiger partial charge >= 0.3 is 0 Å². The van der Waals surface area contributed by atoms with E-state index in [0.29, 0.717) is 37.4 Å². The number of amides is 1. The number of morpholine rings is 1. The van der Waals surface area contributed by atoms with Gasteiger partial charge in [-0.05, 0) is 25.0 Å². The van der Waals surface area contributed by atoms with E-state index in [2.05, 4.69) is 4.90 Å². The van der Waals surface area contributed by atoms with Crippen molar-refractivity contribution in [2.24, 2.45) is 0 Å². The number of carbonyl (C=O) groups excluding carboxylic acids is 1. The van der Waals surface area contributed by atoms with Crippen LogP contribution in [0.15, 0.2) is 18.2 Å². The van der Waals surface area contributed by atoms with Crippen molar-refractivity contribution in [3.05, 3.63) is 35.1 Å². The predicted molar refractivity (Wildman–Crippen MR) is 68.8 cm³/mol. The third-order valence-corrected chi connectivity index (χ3v) is 4.16. The third-order valence-electron chi connectivity index (χ3n) is 4.16. The van der Waals surface area contributed by atoms with Crippen LogP contribution in [0.4, 0.5) is 4.39 Å². The summed E-state index contributed by atoms with van der Waals surface area (Å²) in [5, 5.41) is 8.54. The van der Waals surface area contributed by atoms with Gasteiger partial charge in [-0.15, -0.1) is 0 Å². The lowest BCUT2D eigenvalue weighted by Crippen LogP contribution is -2.45. The molecule has 1 amide bonds. The summed E-state index contributed by atoms with van der Waals surface area (Å²) in [4.78, 5) is 13.5. The molecular formula is C14H17FN2O3. The van der Waals surface area contributed by atoms with Crippen LogP contribution in [0.25, 0.3) is 0 Å². The summed E-state index contributed by atoms with van der Waals surface area (Å²) in [7, 11) is 0. The highest BCUT2D eigenvalue weighted by molar-refractivity contribution is 5.93. The highest BCUT2D eigenvalue weighted by atomic mass is 19.1. The van der Waals surface area contributed by atoms with Gasteiger partial charge in [0, 0.05) is 29.8 Å². The first kappa shape index (κ1) is 13.5. The molecule has 2 bridgehead atoms. The Hall–Kier alpha value is -1.50. The van der Waals surface area contributed by atoms with Gasteiger partial charge in [-0.2, -0.15) is 0 Å². The first-order chi connectivity index (χ1) is 9.69. The van der Waals surface area contributed by atoms with E-state index < -0.39 is 11.7 Å². The van der Waals surface area contributed by atoms with Crippen molar-refractivity contribution in [2.45, 2.75) is 31.5 Å². The number of hydrogen-bond donors (Lipinski definition) is 2. The molecule has 2 fully saturated rings. The standard InChI is InChI=1S/C14H17FN2O3/c15-13-5-9(14(18)16-19)1-2-10(13)6-17-11-3-4-12(17)8-20-7-11/h1-2,5,11-12,19H,3-4,6-8H2,(H,16,18). The molecule has 2 saturated heterocycles. The number of nitrogens with one attached hydrogen (secondary N) is 1. The zero-order chi connectivity index (χ0) is 14.1. The minimum absolute atomic E-state index is 0.110. The highest BCUT2D eigenvalue weighted by Crippen LogP contribution is 2.30. The van der Waals surface area contributed by atoms with Crippen LogP contribution in [0.3, 0.4) is 0 Å². The molecule has 1 aromatic rings. The Kier molecular flexibility index (Phi) is 3.69. The van der Waals surface area contributed by atoms with Crippen LogP contribution in [-0.2, 0) is 11.3 Å². The molecule has 0 spiro atoms. The van der Waals surface area contributed by atoms with E-state index in [9.17, 15) is 9.18 Å². The van der Waals surface area contributed by atoms with Crippen LogP contribution in [0.2, 0.25) is 0 Å². The molecule has 2 unspecified atom stereocenters. The van der Waals surface area contributed by atoms with Gasteiger partial charge < -0.3 is 4.74 Å². The van der Waals surface area contributed by atoms with Gasteiger partial charge in [0.25, 0.3) is 5.91 Å². The molecule has 2 heterocycles. The van der Waals surface area contributed by atoms with E-state index in [-0.39, 0.29) is 5.56 Å². The molecule has 2 atom stereocenters. The summed E-state index contributed by atoms with van der Waals surface area (Å²) in [5.74, 6) is -1.13. The van der Waals surface area contributed by atoms with Gasteiger partial charge in [-0.3, -0.25) is 14.9 Å². The molecule has 0 radical (unpaired) electrons. The van der Waals surface area contributed by atoms with Crippen LogP contribution in [0, 0.1) is 5.82 Å². The van der Waals surface area contributed by atoms with Crippen molar-refractivity contribution in [1.29, 1.82) is 0 Å². The predicted octanol–water partition coefficient (Wildman–Crippen LogP) is 1.31. The Labute approximate surface area is 116 Å². The summed E-state index contributed by atoms with van der Waals surface area (Å²) >= 11 is 0. The Bertz CT molecular complexity index is 507. The van der Waals surface area contributed by atoms with Gasteiger partial charge in [0.1, 0.15) is 5.82 Å². The zero-order valence-corrected chi connectivity index (χ0v) is 11.0. The van der Waals surface area contributed by atoms with E-state index in [0.717, 1.165) is 18.9 Å². The van der Waals surface area contributed by atoms with E-state index in [1.54, 1.807) is 6.07 Å². The molecule has 0 aromatic heterocycles. The average Bonchev–Trinajstić information content (AvgIpc) is 2.69. The van der Waals surface area contributed by atoms with Crippen LogP contribution in [-0.4, -0.2) is 41.3 Å². The molecule has 20 heavy (non-hydrogen) atoms. The number of fused-ring (bicyclic) bond motifs is 2. The Morgan fingerprint density at radius 1 is 1.40 bits per heavy atom. The molecule has 3 rings (SSSR count). The maximum Gasteiger partial charge on any atom is 0.274 e. The number of hydroxylamine groups is 1. The zero-order valence-electron chi connectivity index (χ0n) is 11.0. The van der Waals surface area contributed by atoms with Crippen molar-refractivity contribution >= 4 is 5.91 Å². The summed E-state index contributed by atoms with van der Waals surface area (Å²) < 4.78 is 19.6. The summed E-state index contributed by atoms with van der Waals surface area (Å²) in [6, 6.07) is 5.02. The number of rotatable bonds is 3. The Balaban J connectivity index is 1.76. The van der Waals surface area contributed by atoms with E-state index in [1.165, 1.54) is 11.5 Å². The second kappa shape index (κ2) is 5.47. The van der Waals surface area contributed by atoms with Crippen LogP contribution in [0.5, 0.6) is 0 Å². The van der Waals surface area contributed by atoms with Gasteiger partial charge in [-0.25, -0.2) is 9.87 Å². The summed E-state index contributed by atoms with van der Waals surface area (Å²) in [6.45, 7) is 1.96. The Morgan fingerprint density at radius 2 is 2.10 bits per heavy atom. The molecule has 1 aromatic carbocycles. The molecule has 5 nitrogen and oxygen atoms in total. The molecule has 2 N–H and O–H groups in total. The molecule has 6 heteroatoms. The van der Waals surface area contributed by atoms with Crippen molar-refractivity contribution in [2.75, 3.05) is 13.2 Å². The van der Waals surface area contributed by atoms with Crippen molar-refractivity contribution in [3.8, 4) is 0 Å². The SMILES string of the molecule is O=C(NO)c1ccc(CN2C3CCC2COC3)c(F)c1. The van der Waals surface area contributed by atoms with Gasteiger partial charge in [-0.1, -0.05) is 6.07 Å². The van der Waals surface area contributed by atoms with E-state index in [1.807, 2.05) is 0 Å². The first-order valence-corrected chi connectivity index (χ1v) is 6.75. The van der Waals surface area contributed by atoms with E-state index >= 15 is 0 Å². The van der Waals surface area contributed by atoms with Crippen LogP contribution < -0.4 is 5.48 Å². The molecule has 2 aliphatic heterocycles. The fourth-order valence-electron chi connectivity index (χ4n) is 3.05. The average molecular weight is 280 g/mol. The largest absolute Gasteiger partial charge is 0.378 e. The van der Waals surface area contributed by atoms with Gasteiger partial charge in [0.15, 0.2) is 0 Å². The fraction of sp³-hybridized carbons (Fsp3) is 0.500. The minimum Gasteiger partial charge on any atom is -0.378 e. The topological polar surface area (TPSA) is 61.8 Å². The van der Waals surface area contributed by atoms with Crippen molar-refractivity contribution < 1.29 is 19.1 Å². The van der Waals surface area contributed by atoms with Crippen LogP contribution in [0.1, 0.15) is 28.8 Å². The minimum atomic E-state index is -0.707. The lowest BCUT2D eigenvalue weighted by atomic mass is 10.1. The third kappa shape index (κ3) is 2.42. The molecule has 2 aliphatic rings. The second-order valence-corrected chi connectivity index (χ2v) is 5.34. The van der Waals surface area contributed by atoms with E-state index in [4.69, 9.17) is 9.94 Å². The lowest BCUT2D eigenvalue weighted by Gasteiger charge is -2.34. The molecular weight excluding hydrogens is 263 g/mol. The lowest BCUT2D eigenvalue weighted by molar-refractivity contribution is -0.0191. The number of ether oxygens (including phenoxy) is 1. The Morgan fingerprint density at radius 3 is 2.70 bits per heavy atom. The summed E-state index contributed by atoms with van der Waals surface area (Å²) in [5.41, 5.74) is 2.18. The number of nitrogens with zero attached hydrogens (tertiary/aromatic N) is 1. The monoisotopic (exact) mass is 280 g/mol. The fourth-order valence-corrected chi connectivity index (χ4v) is 3.05. The number of hydrogen-bond acceptors (Lipinski definition) is 4. The van der Waals surface area contributed by atoms with Crippen molar-refractivity contribution in [1.82, 2.24) is 10.4 Å². The molecule has 0 aliphatic carbocycles.